The van der Waals surface area contributed by atoms with Gasteiger partial charge in [-0.15, -0.1) is 10.2 Å². The number of aliphatic hydroxyl groups is 1. The molecule has 1 fully saturated rings. The second-order valence-electron chi connectivity index (χ2n) is 3.05. The third-order valence-electron chi connectivity index (χ3n) is 2.03. The molecule has 1 saturated heterocycles. The lowest BCUT2D eigenvalue weighted by Crippen LogP contribution is -2.29. The minimum atomic E-state index is -0.414. The summed E-state index contributed by atoms with van der Waals surface area (Å²) in [6, 6.07) is 0. The van der Waals surface area contributed by atoms with Crippen LogP contribution < -0.4 is 0 Å². The normalized spacial score (nSPS) is 21.6. The van der Waals surface area contributed by atoms with Gasteiger partial charge in [-0.3, -0.25) is 4.79 Å². The van der Waals surface area contributed by atoms with Crippen LogP contribution in [0.4, 0.5) is 0 Å². The van der Waals surface area contributed by atoms with E-state index in [2.05, 4.69) is 10.2 Å². The van der Waals surface area contributed by atoms with Crippen LogP contribution in [-0.2, 0) is 0 Å². The Morgan fingerprint density at radius 3 is 2.93 bits per heavy atom. The van der Waals surface area contributed by atoms with Gasteiger partial charge in [0, 0.05) is 13.1 Å². The van der Waals surface area contributed by atoms with E-state index in [9.17, 15) is 9.90 Å². The molecule has 1 aromatic rings. The summed E-state index contributed by atoms with van der Waals surface area (Å²) in [6.45, 7) is 0.938. The number of aromatic nitrogens is 2. The third kappa shape index (κ3) is 1.87. The maximum atomic E-state index is 11.7. The van der Waals surface area contributed by atoms with Crippen LogP contribution in [0.25, 0.3) is 0 Å². The van der Waals surface area contributed by atoms with Crippen LogP contribution in [0.2, 0.25) is 4.47 Å². The summed E-state index contributed by atoms with van der Waals surface area (Å²) in [5.41, 5.74) is 0. The highest BCUT2D eigenvalue weighted by Gasteiger charge is 2.27. The smallest absolute Gasteiger partial charge is 0.284 e. The lowest BCUT2D eigenvalue weighted by molar-refractivity contribution is 0.0764. The molecule has 5 nitrogen and oxygen atoms in total. The average molecular weight is 234 g/mol. The van der Waals surface area contributed by atoms with Crippen molar-refractivity contribution in [2.75, 3.05) is 13.1 Å². The number of hydrogen-bond donors (Lipinski definition) is 1. The summed E-state index contributed by atoms with van der Waals surface area (Å²) in [5.74, 6) is -0.203. The van der Waals surface area contributed by atoms with E-state index in [-0.39, 0.29) is 15.4 Å². The molecule has 1 amide bonds. The Morgan fingerprint density at radius 1 is 1.64 bits per heavy atom. The van der Waals surface area contributed by atoms with Gasteiger partial charge in [-0.2, -0.15) is 0 Å². The predicted octanol–water partition coefficient (Wildman–Crippen LogP) is 0.398. The van der Waals surface area contributed by atoms with Crippen molar-refractivity contribution < 1.29 is 9.90 Å². The van der Waals surface area contributed by atoms with Crippen LogP contribution in [0.15, 0.2) is 0 Å². The number of carbonyl (C=O) groups excluding carboxylic acids is 1. The molecule has 0 unspecified atom stereocenters. The molecule has 1 aliphatic heterocycles. The molecule has 0 aromatic carbocycles. The van der Waals surface area contributed by atoms with E-state index < -0.39 is 6.10 Å². The fourth-order valence-electron chi connectivity index (χ4n) is 1.35. The molecule has 2 heterocycles. The van der Waals surface area contributed by atoms with Crippen molar-refractivity contribution in [2.45, 2.75) is 12.5 Å². The molecule has 0 radical (unpaired) electrons. The number of amides is 1. The minimum absolute atomic E-state index is 0.203. The van der Waals surface area contributed by atoms with E-state index in [4.69, 9.17) is 11.6 Å². The molecule has 0 bridgehead atoms. The molecule has 1 N–H and O–H groups in total. The van der Waals surface area contributed by atoms with Crippen molar-refractivity contribution in [3.05, 3.63) is 9.47 Å². The Morgan fingerprint density at radius 2 is 2.43 bits per heavy atom. The number of likely N-dealkylation sites (tertiary alicyclic amines) is 1. The van der Waals surface area contributed by atoms with E-state index >= 15 is 0 Å². The molecular formula is C7H8ClN3O2S. The molecular weight excluding hydrogens is 226 g/mol. The van der Waals surface area contributed by atoms with Crippen molar-refractivity contribution in [1.82, 2.24) is 15.1 Å². The fraction of sp³-hybridized carbons (Fsp3) is 0.571. The van der Waals surface area contributed by atoms with E-state index in [0.29, 0.717) is 19.5 Å². The first kappa shape index (κ1) is 9.82. The van der Waals surface area contributed by atoms with E-state index in [1.165, 1.54) is 0 Å². The van der Waals surface area contributed by atoms with Crippen molar-refractivity contribution >= 4 is 28.8 Å². The van der Waals surface area contributed by atoms with E-state index in [1.54, 1.807) is 4.90 Å². The molecule has 0 spiro atoms. The summed E-state index contributed by atoms with van der Waals surface area (Å²) in [4.78, 5) is 13.2. The van der Waals surface area contributed by atoms with Gasteiger partial charge in [-0.05, 0) is 18.0 Å². The lowest BCUT2D eigenvalue weighted by atomic mass is 10.3. The number of halogens is 1. The van der Waals surface area contributed by atoms with Crippen LogP contribution >= 0.6 is 22.9 Å². The lowest BCUT2D eigenvalue weighted by Gasteiger charge is -2.12. The number of rotatable bonds is 1. The molecule has 7 heteroatoms. The Bertz CT molecular complexity index is 356. The van der Waals surface area contributed by atoms with Crippen molar-refractivity contribution in [1.29, 1.82) is 0 Å². The van der Waals surface area contributed by atoms with Gasteiger partial charge in [0.2, 0.25) is 9.47 Å². The molecule has 0 saturated carbocycles. The second kappa shape index (κ2) is 3.80. The van der Waals surface area contributed by atoms with Gasteiger partial charge in [0.1, 0.15) is 0 Å². The molecule has 14 heavy (non-hydrogen) atoms. The first-order valence-electron chi connectivity index (χ1n) is 4.13. The summed E-state index contributed by atoms with van der Waals surface area (Å²) in [6.07, 6.45) is 0.209. The average Bonchev–Trinajstić information content (AvgIpc) is 2.73. The SMILES string of the molecule is O=C(c1nnc(Cl)s1)N1CC[C@H](O)C1. The summed E-state index contributed by atoms with van der Waals surface area (Å²) >= 11 is 6.62. The van der Waals surface area contributed by atoms with Gasteiger partial charge in [-0.25, -0.2) is 0 Å². The minimum Gasteiger partial charge on any atom is -0.391 e. The zero-order valence-electron chi connectivity index (χ0n) is 7.18. The third-order valence-corrected chi connectivity index (χ3v) is 3.04. The van der Waals surface area contributed by atoms with Crippen LogP contribution in [-0.4, -0.2) is 45.3 Å². The van der Waals surface area contributed by atoms with E-state index in [1.807, 2.05) is 0 Å². The van der Waals surface area contributed by atoms with Crippen LogP contribution in [0.3, 0.4) is 0 Å². The Hall–Kier alpha value is -0.720. The Kier molecular flexibility index (Phi) is 2.66. The highest BCUT2D eigenvalue weighted by atomic mass is 35.5. The van der Waals surface area contributed by atoms with Gasteiger partial charge >= 0.3 is 0 Å². The standard InChI is InChI=1S/C7H8ClN3O2S/c8-7-10-9-5(14-7)6(13)11-2-1-4(12)3-11/h4,12H,1-3H2/t4-/m0/s1. The van der Waals surface area contributed by atoms with Crippen molar-refractivity contribution in [2.24, 2.45) is 0 Å². The maximum absolute atomic E-state index is 11.7. The molecule has 2 rings (SSSR count). The van der Waals surface area contributed by atoms with Crippen LogP contribution in [0.5, 0.6) is 0 Å². The van der Waals surface area contributed by atoms with Crippen molar-refractivity contribution in [3.63, 3.8) is 0 Å². The number of β-amino-alcohol motifs (C(OH)–C–C–N with tert-alkyl or cyclic N) is 1. The van der Waals surface area contributed by atoms with Gasteiger partial charge in [0.05, 0.1) is 6.10 Å². The molecule has 76 valence electrons. The van der Waals surface area contributed by atoms with Gasteiger partial charge in [-0.1, -0.05) is 11.3 Å². The van der Waals surface area contributed by atoms with Gasteiger partial charge in [0.15, 0.2) is 0 Å². The molecule has 1 aromatic heterocycles. The quantitative estimate of drug-likeness (QED) is 0.763. The summed E-state index contributed by atoms with van der Waals surface area (Å²) in [5, 5.41) is 16.7. The van der Waals surface area contributed by atoms with Crippen LogP contribution in [0.1, 0.15) is 16.2 Å². The highest BCUT2D eigenvalue weighted by Crippen LogP contribution is 2.19. The highest BCUT2D eigenvalue weighted by molar-refractivity contribution is 7.17. The van der Waals surface area contributed by atoms with Gasteiger partial charge in [0.25, 0.3) is 5.91 Å². The number of aliphatic hydroxyl groups excluding tert-OH is 1. The molecule has 1 aliphatic rings. The summed E-state index contributed by atoms with van der Waals surface area (Å²) in [7, 11) is 0. The maximum Gasteiger partial charge on any atom is 0.284 e. The fourth-order valence-corrected chi connectivity index (χ4v) is 2.15. The zero-order chi connectivity index (χ0) is 10.1. The topological polar surface area (TPSA) is 66.3 Å². The van der Waals surface area contributed by atoms with E-state index in [0.717, 1.165) is 11.3 Å². The Balaban J connectivity index is 2.09. The van der Waals surface area contributed by atoms with Gasteiger partial charge < -0.3 is 10.0 Å². The molecule has 1 atom stereocenters. The number of carbonyl (C=O) groups is 1. The largest absolute Gasteiger partial charge is 0.391 e. The second-order valence-corrected chi connectivity index (χ2v) is 4.61. The zero-order valence-corrected chi connectivity index (χ0v) is 8.75. The van der Waals surface area contributed by atoms with Crippen LogP contribution in [0, 0.1) is 0 Å². The number of hydrogen-bond acceptors (Lipinski definition) is 5. The monoisotopic (exact) mass is 233 g/mol. The first-order chi connectivity index (χ1) is 6.66. The predicted molar refractivity (Wildman–Crippen MR) is 51.4 cm³/mol. The Labute approximate surface area is 89.3 Å². The first-order valence-corrected chi connectivity index (χ1v) is 5.32. The van der Waals surface area contributed by atoms with Crippen molar-refractivity contribution in [3.8, 4) is 0 Å². The number of nitrogens with zero attached hydrogens (tertiary/aromatic N) is 3. The summed E-state index contributed by atoms with van der Waals surface area (Å²) < 4.78 is 0.257. The molecule has 0 aliphatic carbocycles.